The molecule has 0 aliphatic rings. The van der Waals surface area contributed by atoms with Gasteiger partial charge in [-0.15, -0.1) is 0 Å². The number of nitrogens with one attached hydrogen (secondary N) is 1. The molecule has 1 N–H and O–H groups in total. The third-order valence-corrected chi connectivity index (χ3v) is 4.62. The van der Waals surface area contributed by atoms with E-state index < -0.39 is 17.6 Å². The second-order valence-electron chi connectivity index (χ2n) is 7.44. The van der Waals surface area contributed by atoms with E-state index in [1.807, 2.05) is 13.8 Å². The predicted octanol–water partition coefficient (Wildman–Crippen LogP) is 4.04. The Morgan fingerprint density at radius 2 is 1.70 bits per heavy atom. The molecule has 1 aromatic heterocycles. The van der Waals surface area contributed by atoms with Gasteiger partial charge in [-0.1, -0.05) is 50.2 Å². The third kappa shape index (κ3) is 4.69. The molecule has 3 aromatic rings. The molecule has 8 heteroatoms. The van der Waals surface area contributed by atoms with Gasteiger partial charge >= 0.3 is 6.18 Å². The summed E-state index contributed by atoms with van der Waals surface area (Å²) in [6.07, 6.45) is -4.43. The van der Waals surface area contributed by atoms with Crippen LogP contribution in [0.3, 0.4) is 0 Å². The summed E-state index contributed by atoms with van der Waals surface area (Å²) in [6, 6.07) is 12.0. The lowest BCUT2D eigenvalue weighted by Crippen LogP contribution is -2.32. The van der Waals surface area contributed by atoms with Crippen LogP contribution in [0.5, 0.6) is 0 Å². The number of carbonyl (C=O) groups excluding carboxylic acids is 1. The van der Waals surface area contributed by atoms with Crippen LogP contribution in [-0.2, 0) is 19.1 Å². The normalized spacial score (nSPS) is 11.8. The molecular formula is C22H22F3N3O2. The van der Waals surface area contributed by atoms with E-state index >= 15 is 0 Å². The van der Waals surface area contributed by atoms with E-state index in [1.165, 1.54) is 22.9 Å². The number of alkyl halides is 3. The summed E-state index contributed by atoms with van der Waals surface area (Å²) in [5.41, 5.74) is -0.814. The van der Waals surface area contributed by atoms with Crippen LogP contribution < -0.4 is 10.9 Å². The van der Waals surface area contributed by atoms with Gasteiger partial charge in [-0.25, -0.2) is 4.68 Å². The van der Waals surface area contributed by atoms with Gasteiger partial charge in [-0.3, -0.25) is 9.59 Å². The number of benzene rings is 2. The highest BCUT2D eigenvalue weighted by Gasteiger charge is 2.32. The van der Waals surface area contributed by atoms with Crippen molar-refractivity contribution in [2.45, 2.75) is 33.0 Å². The summed E-state index contributed by atoms with van der Waals surface area (Å²) in [4.78, 5) is 25.4. The summed E-state index contributed by atoms with van der Waals surface area (Å²) in [7, 11) is 0. The fourth-order valence-electron chi connectivity index (χ4n) is 3.28. The molecule has 0 atom stereocenters. The number of amides is 1. The molecule has 1 amide bonds. The highest BCUT2D eigenvalue weighted by molar-refractivity contribution is 6.04. The van der Waals surface area contributed by atoms with Gasteiger partial charge in [-0.2, -0.15) is 18.3 Å². The second kappa shape index (κ2) is 8.69. The number of halogens is 3. The van der Waals surface area contributed by atoms with Crippen molar-refractivity contribution in [2.75, 3.05) is 6.54 Å². The maximum absolute atomic E-state index is 13.1. The summed E-state index contributed by atoms with van der Waals surface area (Å²) >= 11 is 0. The molecule has 0 radical (unpaired) electrons. The minimum Gasteiger partial charge on any atom is -0.350 e. The molecule has 0 aliphatic carbocycles. The average Bonchev–Trinajstić information content (AvgIpc) is 2.69. The molecule has 5 nitrogen and oxygen atoms in total. The van der Waals surface area contributed by atoms with Crippen molar-refractivity contribution in [3.05, 3.63) is 75.7 Å². The highest BCUT2D eigenvalue weighted by atomic mass is 19.4. The fraction of sp³-hybridized carbons (Fsp3) is 0.318. The molecule has 0 bridgehead atoms. The Hall–Kier alpha value is -3.16. The quantitative estimate of drug-likeness (QED) is 0.658. The molecule has 1 heterocycles. The molecule has 30 heavy (non-hydrogen) atoms. The van der Waals surface area contributed by atoms with E-state index in [0.717, 1.165) is 6.07 Å². The van der Waals surface area contributed by atoms with E-state index in [0.29, 0.717) is 17.3 Å². The fourth-order valence-corrected chi connectivity index (χ4v) is 3.28. The average molecular weight is 417 g/mol. The molecule has 0 saturated carbocycles. The van der Waals surface area contributed by atoms with Gasteiger partial charge in [0.2, 0.25) is 0 Å². The van der Waals surface area contributed by atoms with E-state index in [-0.39, 0.29) is 35.7 Å². The molecule has 0 fully saturated rings. The minimum atomic E-state index is -4.45. The first kappa shape index (κ1) is 21.5. The Bertz CT molecular complexity index is 1120. The van der Waals surface area contributed by atoms with Crippen molar-refractivity contribution in [1.29, 1.82) is 0 Å². The minimum absolute atomic E-state index is 0.00520. The first-order valence-electron chi connectivity index (χ1n) is 9.61. The van der Waals surface area contributed by atoms with Crippen LogP contribution >= 0.6 is 0 Å². The number of fused-ring (bicyclic) bond motifs is 1. The maximum Gasteiger partial charge on any atom is 0.416 e. The van der Waals surface area contributed by atoms with E-state index in [1.54, 1.807) is 24.3 Å². The third-order valence-electron chi connectivity index (χ3n) is 4.62. The standard InChI is InChI=1S/C22H22F3N3O2/c1-14(2)13-28-21(30)17-9-5-4-8-16(17)19(27-28)20(29)26-12-11-15-7-3-6-10-18(15)22(23,24)25/h3-10,14H,11-13H2,1-2H3,(H,26,29). The van der Waals surface area contributed by atoms with Crippen molar-refractivity contribution >= 4 is 16.7 Å². The number of hydrogen-bond acceptors (Lipinski definition) is 3. The zero-order valence-electron chi connectivity index (χ0n) is 16.7. The summed E-state index contributed by atoms with van der Waals surface area (Å²) < 4.78 is 40.7. The summed E-state index contributed by atoms with van der Waals surface area (Å²) in [6.45, 7) is 4.22. The van der Waals surface area contributed by atoms with E-state index in [4.69, 9.17) is 0 Å². The highest BCUT2D eigenvalue weighted by Crippen LogP contribution is 2.31. The number of nitrogens with zero attached hydrogens (tertiary/aromatic N) is 2. The lowest BCUT2D eigenvalue weighted by molar-refractivity contribution is -0.138. The summed E-state index contributed by atoms with van der Waals surface area (Å²) in [5.74, 6) is -0.390. The maximum atomic E-state index is 13.1. The molecule has 3 rings (SSSR count). The molecule has 0 spiro atoms. The molecule has 0 aliphatic heterocycles. The van der Waals surface area contributed by atoms with Crippen LogP contribution in [0.4, 0.5) is 13.2 Å². The Morgan fingerprint density at radius 3 is 2.37 bits per heavy atom. The zero-order chi connectivity index (χ0) is 21.9. The molecule has 0 saturated heterocycles. The van der Waals surface area contributed by atoms with Gasteiger partial charge in [0.15, 0.2) is 5.69 Å². The molecular weight excluding hydrogens is 395 g/mol. The molecule has 0 unspecified atom stereocenters. The second-order valence-corrected chi connectivity index (χ2v) is 7.44. The van der Waals surface area contributed by atoms with Gasteiger partial charge in [0.1, 0.15) is 0 Å². The smallest absolute Gasteiger partial charge is 0.350 e. The topological polar surface area (TPSA) is 64.0 Å². The largest absolute Gasteiger partial charge is 0.416 e. The Balaban J connectivity index is 1.84. The van der Waals surface area contributed by atoms with Gasteiger partial charge in [0.05, 0.1) is 10.9 Å². The van der Waals surface area contributed by atoms with E-state index in [2.05, 4.69) is 10.4 Å². The lowest BCUT2D eigenvalue weighted by atomic mass is 10.0. The van der Waals surface area contributed by atoms with Crippen LogP contribution in [0.25, 0.3) is 10.8 Å². The summed E-state index contributed by atoms with van der Waals surface area (Å²) in [5, 5.41) is 7.66. The molecule has 158 valence electrons. The number of aromatic nitrogens is 2. The van der Waals surface area contributed by atoms with Gasteiger partial charge in [0.25, 0.3) is 11.5 Å². The number of hydrogen-bond donors (Lipinski definition) is 1. The van der Waals surface area contributed by atoms with Gasteiger partial charge in [0, 0.05) is 18.5 Å². The molecule has 2 aromatic carbocycles. The van der Waals surface area contributed by atoms with Crippen LogP contribution in [0.15, 0.2) is 53.3 Å². The van der Waals surface area contributed by atoms with Crippen LogP contribution in [0, 0.1) is 5.92 Å². The Kier molecular flexibility index (Phi) is 6.24. The van der Waals surface area contributed by atoms with Crippen molar-refractivity contribution in [2.24, 2.45) is 5.92 Å². The van der Waals surface area contributed by atoms with E-state index in [9.17, 15) is 22.8 Å². The van der Waals surface area contributed by atoms with Crippen LogP contribution in [0.1, 0.15) is 35.5 Å². The van der Waals surface area contributed by atoms with Crippen molar-refractivity contribution in [1.82, 2.24) is 15.1 Å². The van der Waals surface area contributed by atoms with Crippen LogP contribution in [0.2, 0.25) is 0 Å². The Morgan fingerprint density at radius 1 is 1.07 bits per heavy atom. The monoisotopic (exact) mass is 417 g/mol. The Labute approximate surface area is 171 Å². The van der Waals surface area contributed by atoms with Crippen molar-refractivity contribution in [3.8, 4) is 0 Å². The first-order chi connectivity index (χ1) is 14.2. The van der Waals surface area contributed by atoms with Crippen LogP contribution in [-0.4, -0.2) is 22.2 Å². The van der Waals surface area contributed by atoms with Crippen molar-refractivity contribution < 1.29 is 18.0 Å². The zero-order valence-corrected chi connectivity index (χ0v) is 16.7. The SMILES string of the molecule is CC(C)Cn1nc(C(=O)NCCc2ccccc2C(F)(F)F)c2ccccc2c1=O. The predicted molar refractivity (Wildman–Crippen MR) is 108 cm³/mol. The number of carbonyl (C=O) groups is 1. The van der Waals surface area contributed by atoms with Crippen molar-refractivity contribution in [3.63, 3.8) is 0 Å². The number of rotatable bonds is 6. The lowest BCUT2D eigenvalue weighted by Gasteiger charge is -2.14. The van der Waals surface area contributed by atoms with Gasteiger partial charge in [-0.05, 0) is 30.0 Å². The van der Waals surface area contributed by atoms with Gasteiger partial charge < -0.3 is 5.32 Å². The first-order valence-corrected chi connectivity index (χ1v) is 9.61.